The zero-order chi connectivity index (χ0) is 24.1. The van der Waals surface area contributed by atoms with Gasteiger partial charge in [-0.25, -0.2) is 18.0 Å². The van der Waals surface area contributed by atoms with Crippen LogP contribution in [-0.2, 0) is 25.9 Å². The van der Waals surface area contributed by atoms with Crippen LogP contribution >= 0.6 is 0 Å². The van der Waals surface area contributed by atoms with Gasteiger partial charge in [0.1, 0.15) is 24.5 Å². The van der Waals surface area contributed by atoms with Gasteiger partial charge in [0.05, 0.1) is 23.3 Å². The van der Waals surface area contributed by atoms with Crippen molar-refractivity contribution in [2.45, 2.75) is 11.3 Å². The molecule has 0 radical (unpaired) electrons. The molecule has 0 fully saturated rings. The standard InChI is InChI=1S/C25H23NO7S/c1-31-23-12-11-20(34(29,30)26-14-13-18-7-5-6-10-22(18)26)17-21(23)25(28)33-16-15-32-24(27)19-8-3-2-4-9-19/h2-12,17H,13-16H2,1H3. The van der Waals surface area contributed by atoms with Crippen molar-refractivity contribution in [1.82, 2.24) is 0 Å². The fourth-order valence-corrected chi connectivity index (χ4v) is 5.23. The van der Waals surface area contributed by atoms with E-state index in [0.29, 0.717) is 24.2 Å². The van der Waals surface area contributed by atoms with Crippen LogP contribution in [0.25, 0.3) is 0 Å². The Bertz CT molecular complexity index is 1310. The monoisotopic (exact) mass is 481 g/mol. The van der Waals surface area contributed by atoms with Crippen LogP contribution in [0.1, 0.15) is 26.3 Å². The third-order valence-corrected chi connectivity index (χ3v) is 7.19. The molecule has 0 saturated carbocycles. The van der Waals surface area contributed by atoms with Crippen molar-refractivity contribution in [3.05, 3.63) is 89.5 Å². The molecule has 0 saturated heterocycles. The molecule has 0 atom stereocenters. The predicted molar refractivity (Wildman–Crippen MR) is 125 cm³/mol. The highest BCUT2D eigenvalue weighted by Gasteiger charge is 2.31. The summed E-state index contributed by atoms with van der Waals surface area (Å²) in [4.78, 5) is 24.6. The van der Waals surface area contributed by atoms with Gasteiger partial charge >= 0.3 is 11.9 Å². The topological polar surface area (TPSA) is 99.2 Å². The summed E-state index contributed by atoms with van der Waals surface area (Å²) in [5.74, 6) is -1.15. The zero-order valence-electron chi connectivity index (χ0n) is 18.5. The summed E-state index contributed by atoms with van der Waals surface area (Å²) in [5, 5.41) is 0. The first-order chi connectivity index (χ1) is 16.4. The van der Waals surface area contributed by atoms with E-state index in [2.05, 4.69) is 0 Å². The van der Waals surface area contributed by atoms with Crippen LogP contribution in [0.4, 0.5) is 5.69 Å². The van der Waals surface area contributed by atoms with E-state index >= 15 is 0 Å². The first kappa shape index (κ1) is 23.3. The molecule has 4 rings (SSSR count). The molecule has 0 unspecified atom stereocenters. The van der Waals surface area contributed by atoms with E-state index in [9.17, 15) is 18.0 Å². The highest BCUT2D eigenvalue weighted by atomic mass is 32.2. The fourth-order valence-electron chi connectivity index (χ4n) is 3.70. The minimum atomic E-state index is -3.90. The van der Waals surface area contributed by atoms with E-state index in [-0.39, 0.29) is 29.4 Å². The number of nitrogens with zero attached hydrogens (tertiary/aromatic N) is 1. The van der Waals surface area contributed by atoms with Gasteiger partial charge in [0.25, 0.3) is 10.0 Å². The maximum atomic E-state index is 13.3. The Morgan fingerprint density at radius 3 is 2.29 bits per heavy atom. The molecule has 1 aliphatic heterocycles. The number of para-hydroxylation sites is 1. The number of carbonyl (C=O) groups is 2. The van der Waals surface area contributed by atoms with Crippen molar-refractivity contribution in [2.24, 2.45) is 0 Å². The van der Waals surface area contributed by atoms with Crippen LogP contribution in [0.3, 0.4) is 0 Å². The van der Waals surface area contributed by atoms with Crippen LogP contribution in [0.2, 0.25) is 0 Å². The van der Waals surface area contributed by atoms with Crippen LogP contribution in [0, 0.1) is 0 Å². The van der Waals surface area contributed by atoms with Crippen LogP contribution in [0.15, 0.2) is 77.7 Å². The van der Waals surface area contributed by atoms with Gasteiger partial charge in [0.2, 0.25) is 0 Å². The Morgan fingerprint density at radius 1 is 0.882 bits per heavy atom. The Hall–Kier alpha value is -3.85. The third kappa shape index (κ3) is 4.74. The van der Waals surface area contributed by atoms with Crippen LogP contribution < -0.4 is 9.04 Å². The fraction of sp³-hybridized carbons (Fsp3) is 0.200. The number of carbonyl (C=O) groups excluding carboxylic acids is 2. The minimum absolute atomic E-state index is 0.0366. The average Bonchev–Trinajstić information content (AvgIpc) is 3.31. The van der Waals surface area contributed by atoms with E-state index in [4.69, 9.17) is 14.2 Å². The van der Waals surface area contributed by atoms with Crippen molar-refractivity contribution in [3.8, 4) is 5.75 Å². The predicted octanol–water partition coefficient (Wildman–Crippen LogP) is 3.46. The quantitative estimate of drug-likeness (QED) is 0.359. The summed E-state index contributed by atoms with van der Waals surface area (Å²) in [6.07, 6.45) is 0.613. The van der Waals surface area contributed by atoms with Gasteiger partial charge in [0, 0.05) is 6.54 Å². The van der Waals surface area contributed by atoms with E-state index in [1.54, 1.807) is 42.5 Å². The normalized spacial score (nSPS) is 12.7. The van der Waals surface area contributed by atoms with Crippen molar-refractivity contribution in [3.63, 3.8) is 0 Å². The Balaban J connectivity index is 1.46. The molecular formula is C25H23NO7S. The first-order valence-corrected chi connectivity index (χ1v) is 12.0. The van der Waals surface area contributed by atoms with Crippen molar-refractivity contribution in [2.75, 3.05) is 31.2 Å². The highest BCUT2D eigenvalue weighted by Crippen LogP contribution is 2.34. The molecular weight excluding hydrogens is 458 g/mol. The number of anilines is 1. The lowest BCUT2D eigenvalue weighted by Crippen LogP contribution is -2.29. The zero-order valence-corrected chi connectivity index (χ0v) is 19.3. The molecule has 0 amide bonds. The molecule has 1 heterocycles. The Kier molecular flexibility index (Phi) is 6.83. The number of esters is 2. The smallest absolute Gasteiger partial charge is 0.342 e. The Morgan fingerprint density at radius 2 is 1.56 bits per heavy atom. The van der Waals surface area contributed by atoms with Gasteiger partial charge in [-0.15, -0.1) is 0 Å². The summed E-state index contributed by atoms with van der Waals surface area (Å²) < 4.78 is 43.5. The van der Waals surface area contributed by atoms with Crippen LogP contribution in [-0.4, -0.2) is 47.2 Å². The Labute approximate surface area is 197 Å². The van der Waals surface area contributed by atoms with E-state index in [1.807, 2.05) is 12.1 Å². The second kappa shape index (κ2) is 9.96. The summed E-state index contributed by atoms with van der Waals surface area (Å²) in [6, 6.07) is 19.8. The van der Waals surface area contributed by atoms with Crippen LogP contribution in [0.5, 0.6) is 5.75 Å². The van der Waals surface area contributed by atoms with Crippen molar-refractivity contribution >= 4 is 27.6 Å². The SMILES string of the molecule is COc1ccc(S(=O)(=O)N2CCc3ccccc32)cc1C(=O)OCCOC(=O)c1ccccc1. The van der Waals surface area contributed by atoms with E-state index in [0.717, 1.165) is 5.56 Å². The summed E-state index contributed by atoms with van der Waals surface area (Å²) in [5.41, 5.74) is 1.93. The van der Waals surface area contributed by atoms with Crippen molar-refractivity contribution in [1.29, 1.82) is 0 Å². The minimum Gasteiger partial charge on any atom is -0.496 e. The summed E-state index contributed by atoms with van der Waals surface area (Å²) in [7, 11) is -2.53. The molecule has 176 valence electrons. The molecule has 1 aliphatic rings. The van der Waals surface area contributed by atoms with E-state index < -0.39 is 22.0 Å². The molecule has 3 aromatic carbocycles. The van der Waals surface area contributed by atoms with Gasteiger partial charge < -0.3 is 14.2 Å². The lowest BCUT2D eigenvalue weighted by Gasteiger charge is -2.20. The number of methoxy groups -OCH3 is 1. The number of fused-ring (bicyclic) bond motifs is 1. The second-order valence-corrected chi connectivity index (χ2v) is 9.32. The second-order valence-electron chi connectivity index (χ2n) is 7.46. The molecule has 0 aliphatic carbocycles. The summed E-state index contributed by atoms with van der Waals surface area (Å²) >= 11 is 0. The third-order valence-electron chi connectivity index (χ3n) is 5.38. The van der Waals surface area contributed by atoms with Gasteiger partial charge in [-0.05, 0) is 48.4 Å². The number of ether oxygens (including phenoxy) is 3. The molecule has 8 nitrogen and oxygen atoms in total. The molecule has 0 spiro atoms. The average molecular weight is 482 g/mol. The molecule has 34 heavy (non-hydrogen) atoms. The maximum Gasteiger partial charge on any atom is 0.342 e. The maximum absolute atomic E-state index is 13.3. The lowest BCUT2D eigenvalue weighted by molar-refractivity contribution is 0.0263. The van der Waals surface area contributed by atoms with Gasteiger partial charge in [0.15, 0.2) is 0 Å². The summed E-state index contributed by atoms with van der Waals surface area (Å²) in [6.45, 7) is -0.0261. The van der Waals surface area contributed by atoms with Crippen molar-refractivity contribution < 1.29 is 32.2 Å². The number of sulfonamides is 1. The van der Waals surface area contributed by atoms with Gasteiger partial charge in [-0.2, -0.15) is 0 Å². The molecule has 0 N–H and O–H groups in total. The first-order valence-electron chi connectivity index (χ1n) is 10.6. The molecule has 9 heteroatoms. The molecule has 0 aromatic heterocycles. The number of hydrogen-bond donors (Lipinski definition) is 0. The molecule has 3 aromatic rings. The largest absolute Gasteiger partial charge is 0.496 e. The highest BCUT2D eigenvalue weighted by molar-refractivity contribution is 7.92. The van der Waals surface area contributed by atoms with E-state index in [1.165, 1.54) is 29.6 Å². The molecule has 0 bridgehead atoms. The van der Waals surface area contributed by atoms with Gasteiger partial charge in [-0.1, -0.05) is 36.4 Å². The number of benzene rings is 3. The lowest BCUT2D eigenvalue weighted by atomic mass is 10.2. The van der Waals surface area contributed by atoms with Gasteiger partial charge in [-0.3, -0.25) is 4.31 Å². The number of rotatable bonds is 8. The number of hydrogen-bond acceptors (Lipinski definition) is 7.